The summed E-state index contributed by atoms with van der Waals surface area (Å²) in [7, 11) is 0. The molecule has 3 rings (SSSR count). The minimum Gasteiger partial charge on any atom is -0.322 e. The summed E-state index contributed by atoms with van der Waals surface area (Å²) in [5.74, 6) is -2.93. The molecule has 2 aromatic rings. The Morgan fingerprint density at radius 2 is 1.92 bits per heavy atom. The van der Waals surface area contributed by atoms with Gasteiger partial charge in [-0.05, 0) is 36.8 Å². The van der Waals surface area contributed by atoms with Crippen molar-refractivity contribution in [3.05, 3.63) is 59.7 Å². The maximum atomic E-state index is 13.5. The van der Waals surface area contributed by atoms with Crippen molar-refractivity contribution in [2.24, 2.45) is 0 Å². The second kappa shape index (κ2) is 6.39. The summed E-state index contributed by atoms with van der Waals surface area (Å²) >= 11 is 0. The van der Waals surface area contributed by atoms with E-state index in [0.29, 0.717) is 24.2 Å². The van der Waals surface area contributed by atoms with Crippen molar-refractivity contribution >= 4 is 23.2 Å². The Bertz CT molecular complexity index is 807. The molecule has 0 saturated carbocycles. The van der Waals surface area contributed by atoms with Gasteiger partial charge >= 0.3 is 0 Å². The summed E-state index contributed by atoms with van der Waals surface area (Å²) in [6, 6.07) is 9.22. The van der Waals surface area contributed by atoms with Crippen molar-refractivity contribution < 1.29 is 18.4 Å². The molecule has 1 N–H and O–H groups in total. The standard InChI is InChI=1S/C18H16F2N2O2/c1-2-5-16-17(23)21-14-6-3-4-7-15(14)22(16)18(24)11-8-9-12(19)13(20)10-11/h3-4,6-10,16H,2,5H2,1H3,(H,21,23). The van der Waals surface area contributed by atoms with E-state index in [1.807, 2.05) is 6.92 Å². The predicted octanol–water partition coefficient (Wildman–Crippen LogP) is 3.73. The first kappa shape index (κ1) is 16.1. The molecule has 1 aliphatic heterocycles. The van der Waals surface area contributed by atoms with E-state index in [-0.39, 0.29) is 11.5 Å². The Morgan fingerprint density at radius 1 is 1.17 bits per heavy atom. The first-order valence-electron chi connectivity index (χ1n) is 7.71. The Balaban J connectivity index is 2.08. The molecule has 0 aliphatic carbocycles. The Kier molecular flexibility index (Phi) is 4.29. The van der Waals surface area contributed by atoms with Gasteiger partial charge in [-0.1, -0.05) is 25.5 Å². The average Bonchev–Trinajstić information content (AvgIpc) is 2.57. The van der Waals surface area contributed by atoms with Crippen molar-refractivity contribution in [2.45, 2.75) is 25.8 Å². The van der Waals surface area contributed by atoms with Gasteiger partial charge in [0.15, 0.2) is 11.6 Å². The molecule has 4 nitrogen and oxygen atoms in total. The minimum atomic E-state index is -1.09. The fourth-order valence-electron chi connectivity index (χ4n) is 2.84. The van der Waals surface area contributed by atoms with Crippen LogP contribution in [0.2, 0.25) is 0 Å². The third-order valence-corrected chi connectivity index (χ3v) is 3.98. The Hall–Kier alpha value is -2.76. The number of hydrogen-bond donors (Lipinski definition) is 1. The summed E-state index contributed by atoms with van der Waals surface area (Å²) in [6.07, 6.45) is 1.16. The molecular formula is C18H16F2N2O2. The van der Waals surface area contributed by atoms with Crippen LogP contribution in [0, 0.1) is 11.6 Å². The number of amides is 2. The molecule has 1 aliphatic rings. The molecule has 2 amide bonds. The zero-order valence-corrected chi connectivity index (χ0v) is 13.1. The Morgan fingerprint density at radius 3 is 2.62 bits per heavy atom. The van der Waals surface area contributed by atoms with Crippen molar-refractivity contribution in [3.8, 4) is 0 Å². The highest BCUT2D eigenvalue weighted by Gasteiger charge is 2.36. The van der Waals surface area contributed by atoms with Crippen LogP contribution in [0.1, 0.15) is 30.1 Å². The van der Waals surface area contributed by atoms with Gasteiger partial charge in [-0.15, -0.1) is 0 Å². The van der Waals surface area contributed by atoms with Crippen molar-refractivity contribution in [1.29, 1.82) is 0 Å². The highest BCUT2D eigenvalue weighted by molar-refractivity contribution is 6.16. The highest BCUT2D eigenvalue weighted by Crippen LogP contribution is 2.34. The first-order chi connectivity index (χ1) is 11.5. The van der Waals surface area contributed by atoms with Crippen LogP contribution in [-0.2, 0) is 4.79 Å². The molecule has 24 heavy (non-hydrogen) atoms. The fraction of sp³-hybridized carbons (Fsp3) is 0.222. The maximum Gasteiger partial charge on any atom is 0.259 e. The Labute approximate surface area is 138 Å². The molecule has 0 aromatic heterocycles. The van der Waals surface area contributed by atoms with E-state index in [2.05, 4.69) is 5.32 Å². The van der Waals surface area contributed by atoms with Gasteiger partial charge < -0.3 is 5.32 Å². The van der Waals surface area contributed by atoms with Gasteiger partial charge in [-0.2, -0.15) is 0 Å². The van der Waals surface area contributed by atoms with Crippen LogP contribution >= 0.6 is 0 Å². The van der Waals surface area contributed by atoms with Gasteiger partial charge in [0.25, 0.3) is 5.91 Å². The lowest BCUT2D eigenvalue weighted by atomic mass is 10.0. The molecule has 6 heteroatoms. The topological polar surface area (TPSA) is 49.4 Å². The zero-order valence-electron chi connectivity index (χ0n) is 13.1. The predicted molar refractivity (Wildman–Crippen MR) is 86.9 cm³/mol. The second-order valence-corrected chi connectivity index (χ2v) is 5.61. The SMILES string of the molecule is CCCC1C(=O)Nc2ccccc2N1C(=O)c1ccc(F)c(F)c1. The van der Waals surface area contributed by atoms with Gasteiger partial charge in [0.1, 0.15) is 6.04 Å². The maximum absolute atomic E-state index is 13.5. The fourth-order valence-corrected chi connectivity index (χ4v) is 2.84. The van der Waals surface area contributed by atoms with E-state index >= 15 is 0 Å². The molecule has 0 saturated heterocycles. The van der Waals surface area contributed by atoms with Gasteiger partial charge in [-0.25, -0.2) is 8.78 Å². The number of hydrogen-bond acceptors (Lipinski definition) is 2. The monoisotopic (exact) mass is 330 g/mol. The van der Waals surface area contributed by atoms with Crippen LogP contribution in [0.5, 0.6) is 0 Å². The molecule has 1 heterocycles. The quantitative estimate of drug-likeness (QED) is 0.932. The van der Waals surface area contributed by atoms with Crippen LogP contribution < -0.4 is 10.2 Å². The van der Waals surface area contributed by atoms with Crippen LogP contribution in [0.3, 0.4) is 0 Å². The smallest absolute Gasteiger partial charge is 0.259 e. The third-order valence-electron chi connectivity index (χ3n) is 3.98. The number of benzene rings is 2. The van der Waals surface area contributed by atoms with E-state index in [0.717, 1.165) is 12.1 Å². The first-order valence-corrected chi connectivity index (χ1v) is 7.71. The molecule has 1 atom stereocenters. The van der Waals surface area contributed by atoms with Gasteiger partial charge in [0, 0.05) is 5.56 Å². The second-order valence-electron chi connectivity index (χ2n) is 5.61. The van der Waals surface area contributed by atoms with Crippen LogP contribution in [-0.4, -0.2) is 17.9 Å². The summed E-state index contributed by atoms with van der Waals surface area (Å²) in [5.41, 5.74) is 1.07. The molecular weight excluding hydrogens is 314 g/mol. The minimum absolute atomic E-state index is 0.000457. The third kappa shape index (κ3) is 2.75. The number of nitrogens with one attached hydrogen (secondary N) is 1. The normalized spacial score (nSPS) is 16.5. The number of para-hydroxylation sites is 2. The van der Waals surface area contributed by atoms with E-state index in [1.165, 1.54) is 11.0 Å². The van der Waals surface area contributed by atoms with Crippen LogP contribution in [0.4, 0.5) is 20.2 Å². The average molecular weight is 330 g/mol. The summed E-state index contributed by atoms with van der Waals surface area (Å²) in [6.45, 7) is 1.91. The number of halogens is 2. The van der Waals surface area contributed by atoms with E-state index in [9.17, 15) is 18.4 Å². The summed E-state index contributed by atoms with van der Waals surface area (Å²) in [5, 5.41) is 2.78. The number of carbonyl (C=O) groups excluding carboxylic acids is 2. The van der Waals surface area contributed by atoms with Crippen LogP contribution in [0.25, 0.3) is 0 Å². The van der Waals surface area contributed by atoms with Crippen molar-refractivity contribution in [1.82, 2.24) is 0 Å². The molecule has 0 radical (unpaired) electrons. The molecule has 1 unspecified atom stereocenters. The van der Waals surface area contributed by atoms with E-state index < -0.39 is 23.6 Å². The molecule has 2 aromatic carbocycles. The molecule has 124 valence electrons. The number of nitrogens with zero attached hydrogens (tertiary/aromatic N) is 1. The number of anilines is 2. The van der Waals surface area contributed by atoms with Crippen LogP contribution in [0.15, 0.2) is 42.5 Å². The van der Waals surface area contributed by atoms with Crippen molar-refractivity contribution in [2.75, 3.05) is 10.2 Å². The highest BCUT2D eigenvalue weighted by atomic mass is 19.2. The number of fused-ring (bicyclic) bond motifs is 1. The molecule has 0 spiro atoms. The van der Waals surface area contributed by atoms with E-state index in [4.69, 9.17) is 0 Å². The zero-order chi connectivity index (χ0) is 17.3. The number of carbonyl (C=O) groups is 2. The molecule has 0 bridgehead atoms. The van der Waals surface area contributed by atoms with Gasteiger partial charge in [-0.3, -0.25) is 14.5 Å². The lowest BCUT2D eigenvalue weighted by Gasteiger charge is -2.36. The number of rotatable bonds is 3. The summed E-state index contributed by atoms with van der Waals surface area (Å²) < 4.78 is 26.6. The lowest BCUT2D eigenvalue weighted by molar-refractivity contribution is -0.117. The van der Waals surface area contributed by atoms with E-state index in [1.54, 1.807) is 24.3 Å². The summed E-state index contributed by atoms with van der Waals surface area (Å²) in [4.78, 5) is 26.7. The van der Waals surface area contributed by atoms with Crippen molar-refractivity contribution in [3.63, 3.8) is 0 Å². The lowest BCUT2D eigenvalue weighted by Crippen LogP contribution is -2.51. The van der Waals surface area contributed by atoms with Gasteiger partial charge in [0.2, 0.25) is 5.91 Å². The largest absolute Gasteiger partial charge is 0.322 e. The molecule has 0 fully saturated rings. The van der Waals surface area contributed by atoms with Gasteiger partial charge in [0.05, 0.1) is 11.4 Å².